The Balaban J connectivity index is 2.05. The summed E-state index contributed by atoms with van der Waals surface area (Å²) in [5.74, 6) is 1.64. The molecule has 0 fully saturated rings. The van der Waals surface area contributed by atoms with E-state index in [9.17, 15) is 0 Å². The first kappa shape index (κ1) is 14.8. The molecule has 0 heterocycles. The Morgan fingerprint density at radius 3 is 1.76 bits per heavy atom. The molecule has 0 amide bonds. The van der Waals surface area contributed by atoms with Gasteiger partial charge in [-0.2, -0.15) is 0 Å². The molecule has 108 valence electrons. The standard InChI is InChI=1S/C17H18N2O2/c1-13(19-15-6-10-17(21-3)11-7-15)12-18-14-4-8-16(20-2)9-5-14/h4-12H,1-3H3. The van der Waals surface area contributed by atoms with E-state index in [4.69, 9.17) is 9.47 Å². The molecular formula is C17H18N2O2. The Bertz CT molecular complexity index is 629. The van der Waals surface area contributed by atoms with Gasteiger partial charge in [0.1, 0.15) is 11.5 Å². The Kier molecular flexibility index (Phi) is 5.10. The van der Waals surface area contributed by atoms with Crippen LogP contribution in [0.3, 0.4) is 0 Å². The first-order valence-corrected chi connectivity index (χ1v) is 6.59. The summed E-state index contributed by atoms with van der Waals surface area (Å²) in [7, 11) is 3.29. The van der Waals surface area contributed by atoms with Crippen molar-refractivity contribution in [2.45, 2.75) is 6.92 Å². The molecule has 0 aliphatic carbocycles. The summed E-state index contributed by atoms with van der Waals surface area (Å²) in [4.78, 5) is 8.85. The number of hydrogen-bond donors (Lipinski definition) is 0. The van der Waals surface area contributed by atoms with Crippen molar-refractivity contribution in [3.8, 4) is 11.5 Å². The molecular weight excluding hydrogens is 264 g/mol. The third-order valence-electron chi connectivity index (χ3n) is 2.85. The minimum absolute atomic E-state index is 0.817. The van der Waals surface area contributed by atoms with E-state index in [0.29, 0.717) is 0 Å². The van der Waals surface area contributed by atoms with E-state index < -0.39 is 0 Å². The van der Waals surface area contributed by atoms with Crippen LogP contribution in [0.5, 0.6) is 11.5 Å². The van der Waals surface area contributed by atoms with Gasteiger partial charge in [0, 0.05) is 6.21 Å². The second kappa shape index (κ2) is 7.24. The van der Waals surface area contributed by atoms with Gasteiger partial charge in [0.05, 0.1) is 31.3 Å². The zero-order valence-electron chi connectivity index (χ0n) is 12.4. The molecule has 0 saturated heterocycles. The predicted octanol–water partition coefficient (Wildman–Crippen LogP) is 4.20. The van der Waals surface area contributed by atoms with Gasteiger partial charge in [-0.15, -0.1) is 0 Å². The van der Waals surface area contributed by atoms with Crippen LogP contribution in [0, 0.1) is 0 Å². The van der Waals surface area contributed by atoms with Crippen molar-refractivity contribution in [1.29, 1.82) is 0 Å². The molecule has 0 aliphatic rings. The van der Waals surface area contributed by atoms with Crippen molar-refractivity contribution in [2.75, 3.05) is 14.2 Å². The summed E-state index contributed by atoms with van der Waals surface area (Å²) in [6.07, 6.45) is 1.74. The van der Waals surface area contributed by atoms with Gasteiger partial charge in [-0.25, -0.2) is 0 Å². The zero-order valence-corrected chi connectivity index (χ0v) is 12.4. The van der Waals surface area contributed by atoms with Gasteiger partial charge in [-0.1, -0.05) is 0 Å². The first-order valence-electron chi connectivity index (χ1n) is 6.59. The van der Waals surface area contributed by atoms with E-state index in [1.807, 2.05) is 55.5 Å². The maximum atomic E-state index is 5.11. The number of methoxy groups -OCH3 is 2. The Labute approximate surface area is 124 Å². The fraction of sp³-hybridized carbons (Fsp3) is 0.176. The fourth-order valence-electron chi connectivity index (χ4n) is 1.73. The van der Waals surface area contributed by atoms with Crippen LogP contribution in [0.15, 0.2) is 58.5 Å². The Morgan fingerprint density at radius 1 is 0.810 bits per heavy atom. The highest BCUT2D eigenvalue weighted by molar-refractivity contribution is 6.30. The average Bonchev–Trinajstić information content (AvgIpc) is 2.54. The molecule has 2 rings (SSSR count). The van der Waals surface area contributed by atoms with Crippen LogP contribution >= 0.6 is 0 Å². The van der Waals surface area contributed by atoms with Crippen molar-refractivity contribution in [2.24, 2.45) is 9.98 Å². The van der Waals surface area contributed by atoms with Crippen molar-refractivity contribution in [3.05, 3.63) is 48.5 Å². The summed E-state index contributed by atoms with van der Waals surface area (Å²) < 4.78 is 10.2. The quantitative estimate of drug-likeness (QED) is 0.771. The van der Waals surface area contributed by atoms with E-state index in [1.54, 1.807) is 20.4 Å². The second-order valence-electron chi connectivity index (χ2n) is 4.41. The van der Waals surface area contributed by atoms with Crippen molar-refractivity contribution >= 4 is 23.3 Å². The van der Waals surface area contributed by atoms with Crippen LogP contribution in [-0.4, -0.2) is 26.1 Å². The highest BCUT2D eigenvalue weighted by Crippen LogP contribution is 2.19. The normalized spacial score (nSPS) is 11.7. The number of benzene rings is 2. The lowest BCUT2D eigenvalue weighted by molar-refractivity contribution is 0.415. The Morgan fingerprint density at radius 2 is 1.29 bits per heavy atom. The monoisotopic (exact) mass is 282 g/mol. The molecule has 0 N–H and O–H groups in total. The summed E-state index contributed by atoms with van der Waals surface area (Å²) in [6, 6.07) is 15.1. The van der Waals surface area contributed by atoms with Gasteiger partial charge < -0.3 is 9.47 Å². The molecule has 2 aromatic rings. The number of nitrogens with zero attached hydrogens (tertiary/aromatic N) is 2. The minimum Gasteiger partial charge on any atom is -0.497 e. The summed E-state index contributed by atoms with van der Waals surface area (Å²) >= 11 is 0. The molecule has 0 bridgehead atoms. The lowest BCUT2D eigenvalue weighted by Gasteiger charge is -2.00. The third kappa shape index (κ3) is 4.45. The summed E-state index contributed by atoms with van der Waals surface area (Å²) in [6.45, 7) is 1.91. The van der Waals surface area contributed by atoms with Crippen LogP contribution < -0.4 is 9.47 Å². The minimum atomic E-state index is 0.817. The van der Waals surface area contributed by atoms with E-state index in [2.05, 4.69) is 9.98 Å². The largest absolute Gasteiger partial charge is 0.497 e. The second-order valence-corrected chi connectivity index (χ2v) is 4.41. The molecule has 0 aromatic heterocycles. The smallest absolute Gasteiger partial charge is 0.119 e. The number of ether oxygens (including phenoxy) is 2. The molecule has 0 aliphatic heterocycles. The molecule has 0 spiro atoms. The topological polar surface area (TPSA) is 43.2 Å². The van der Waals surface area contributed by atoms with Gasteiger partial charge in [0.15, 0.2) is 0 Å². The van der Waals surface area contributed by atoms with Gasteiger partial charge in [-0.05, 0) is 55.5 Å². The predicted molar refractivity (Wildman–Crippen MR) is 86.9 cm³/mol. The van der Waals surface area contributed by atoms with E-state index in [-0.39, 0.29) is 0 Å². The third-order valence-corrected chi connectivity index (χ3v) is 2.85. The Hall–Kier alpha value is -2.62. The molecule has 0 unspecified atom stereocenters. The first-order chi connectivity index (χ1) is 10.2. The van der Waals surface area contributed by atoms with Crippen LogP contribution in [0.1, 0.15) is 6.92 Å². The van der Waals surface area contributed by atoms with Crippen molar-refractivity contribution < 1.29 is 9.47 Å². The van der Waals surface area contributed by atoms with Crippen LogP contribution in [0.25, 0.3) is 0 Å². The molecule has 0 saturated carbocycles. The van der Waals surface area contributed by atoms with Crippen LogP contribution in [0.4, 0.5) is 11.4 Å². The van der Waals surface area contributed by atoms with E-state index in [0.717, 1.165) is 28.6 Å². The zero-order chi connectivity index (χ0) is 15.1. The molecule has 4 nitrogen and oxygen atoms in total. The van der Waals surface area contributed by atoms with Gasteiger partial charge in [-0.3, -0.25) is 9.98 Å². The molecule has 2 aromatic carbocycles. The van der Waals surface area contributed by atoms with Gasteiger partial charge in [0.2, 0.25) is 0 Å². The van der Waals surface area contributed by atoms with E-state index >= 15 is 0 Å². The lowest BCUT2D eigenvalue weighted by atomic mass is 10.3. The lowest BCUT2D eigenvalue weighted by Crippen LogP contribution is -1.91. The number of aliphatic imine (C=N–C) groups is 2. The number of rotatable bonds is 5. The van der Waals surface area contributed by atoms with Gasteiger partial charge >= 0.3 is 0 Å². The molecule has 4 heteroatoms. The van der Waals surface area contributed by atoms with Crippen molar-refractivity contribution in [3.63, 3.8) is 0 Å². The van der Waals surface area contributed by atoms with Crippen LogP contribution in [0.2, 0.25) is 0 Å². The fourth-order valence-corrected chi connectivity index (χ4v) is 1.73. The molecule has 0 radical (unpaired) electrons. The van der Waals surface area contributed by atoms with Crippen molar-refractivity contribution in [1.82, 2.24) is 0 Å². The summed E-state index contributed by atoms with van der Waals surface area (Å²) in [5.41, 5.74) is 2.56. The summed E-state index contributed by atoms with van der Waals surface area (Å²) in [5, 5.41) is 0. The molecule has 0 atom stereocenters. The highest BCUT2D eigenvalue weighted by atomic mass is 16.5. The SMILES string of the molecule is COc1ccc(N=CC(C)=Nc2ccc(OC)cc2)cc1. The van der Waals surface area contributed by atoms with Gasteiger partial charge in [0.25, 0.3) is 0 Å². The van der Waals surface area contributed by atoms with Crippen LogP contribution in [-0.2, 0) is 0 Å². The average molecular weight is 282 g/mol. The number of hydrogen-bond acceptors (Lipinski definition) is 4. The maximum absolute atomic E-state index is 5.11. The molecule has 21 heavy (non-hydrogen) atoms. The highest BCUT2D eigenvalue weighted by Gasteiger charge is 1.94. The van der Waals surface area contributed by atoms with E-state index in [1.165, 1.54) is 0 Å². The maximum Gasteiger partial charge on any atom is 0.119 e.